The molecule has 0 aliphatic rings. The van der Waals surface area contributed by atoms with Crippen LogP contribution in [0.3, 0.4) is 0 Å². The second-order valence-electron chi connectivity index (χ2n) is 6.54. The van der Waals surface area contributed by atoms with Crippen molar-refractivity contribution in [2.75, 3.05) is 17.2 Å². The van der Waals surface area contributed by atoms with Gasteiger partial charge >= 0.3 is 0 Å². The Morgan fingerprint density at radius 3 is 2.13 bits per heavy atom. The summed E-state index contributed by atoms with van der Waals surface area (Å²) in [7, 11) is 0. The third-order valence-electron chi connectivity index (χ3n) is 4.30. The molecule has 3 rings (SSSR count). The van der Waals surface area contributed by atoms with Gasteiger partial charge in [-0.1, -0.05) is 41.9 Å². The molecule has 8 heteroatoms. The van der Waals surface area contributed by atoms with E-state index in [1.54, 1.807) is 48.5 Å². The zero-order chi connectivity index (χ0) is 22.2. The highest BCUT2D eigenvalue weighted by atomic mass is 35.5. The van der Waals surface area contributed by atoms with Gasteiger partial charge in [0.05, 0.1) is 22.0 Å². The van der Waals surface area contributed by atoms with Gasteiger partial charge in [0.1, 0.15) is 5.82 Å². The van der Waals surface area contributed by atoms with E-state index < -0.39 is 11.7 Å². The van der Waals surface area contributed by atoms with Gasteiger partial charge in [-0.2, -0.15) is 0 Å². The lowest BCUT2D eigenvalue weighted by Crippen LogP contribution is -2.28. The fourth-order valence-corrected chi connectivity index (χ4v) is 3.01. The molecule has 0 radical (unpaired) electrons. The van der Waals surface area contributed by atoms with Crippen LogP contribution in [0.15, 0.2) is 72.8 Å². The lowest BCUT2D eigenvalue weighted by atomic mass is 10.2. The minimum atomic E-state index is -0.543. The van der Waals surface area contributed by atoms with Gasteiger partial charge in [-0.05, 0) is 42.5 Å². The van der Waals surface area contributed by atoms with Crippen molar-refractivity contribution in [2.24, 2.45) is 0 Å². The monoisotopic (exact) mass is 439 g/mol. The molecule has 0 aromatic heterocycles. The Hall–Kier alpha value is -3.71. The zero-order valence-electron chi connectivity index (χ0n) is 16.3. The number of para-hydroxylation sites is 2. The molecule has 3 amide bonds. The number of carbonyl (C=O) groups excluding carboxylic acids is 3. The maximum absolute atomic E-state index is 13.1. The average Bonchev–Trinajstić information content (AvgIpc) is 2.75. The summed E-state index contributed by atoms with van der Waals surface area (Å²) in [6.45, 7) is 0.0525. The van der Waals surface area contributed by atoms with Gasteiger partial charge in [-0.3, -0.25) is 14.4 Å². The molecule has 0 unspecified atom stereocenters. The van der Waals surface area contributed by atoms with Crippen molar-refractivity contribution in [2.45, 2.75) is 6.42 Å². The van der Waals surface area contributed by atoms with Crippen LogP contribution in [0.1, 0.15) is 27.1 Å². The summed E-state index contributed by atoms with van der Waals surface area (Å²) in [5.74, 6) is -1.70. The molecule has 0 bridgehead atoms. The summed E-state index contributed by atoms with van der Waals surface area (Å²) >= 11 is 5.86. The van der Waals surface area contributed by atoms with Crippen LogP contribution < -0.4 is 16.0 Å². The first-order chi connectivity index (χ1) is 14.9. The molecule has 3 N–H and O–H groups in total. The standard InChI is InChI=1S/C23H19ClFN3O3/c24-18-14-16(25)10-11-17(18)23(31)26-13-12-21(29)27-19-8-4-5-9-20(19)28-22(30)15-6-2-1-3-7-15/h1-11,14H,12-13H2,(H,26,31)(H,27,29)(H,28,30). The first kappa shape index (κ1) is 22.0. The van der Waals surface area contributed by atoms with Crippen LogP contribution in [0.4, 0.5) is 15.8 Å². The van der Waals surface area contributed by atoms with Crippen molar-refractivity contribution in [1.82, 2.24) is 5.32 Å². The van der Waals surface area contributed by atoms with Crippen molar-refractivity contribution in [3.8, 4) is 0 Å². The minimum absolute atomic E-state index is 0.00841. The third kappa shape index (κ3) is 6.13. The van der Waals surface area contributed by atoms with Crippen molar-refractivity contribution < 1.29 is 18.8 Å². The van der Waals surface area contributed by atoms with E-state index >= 15 is 0 Å². The Bertz CT molecular complexity index is 1110. The number of anilines is 2. The summed E-state index contributed by atoms with van der Waals surface area (Å²) in [6, 6.07) is 19.0. The van der Waals surface area contributed by atoms with Gasteiger partial charge in [0.2, 0.25) is 5.91 Å². The van der Waals surface area contributed by atoms with Crippen molar-refractivity contribution in [3.63, 3.8) is 0 Å². The van der Waals surface area contributed by atoms with E-state index in [4.69, 9.17) is 11.6 Å². The van der Waals surface area contributed by atoms with Crippen LogP contribution in [0.2, 0.25) is 5.02 Å². The van der Waals surface area contributed by atoms with Crippen LogP contribution >= 0.6 is 11.6 Å². The zero-order valence-corrected chi connectivity index (χ0v) is 17.1. The number of amides is 3. The molecule has 0 spiro atoms. The van der Waals surface area contributed by atoms with Crippen LogP contribution in [0.25, 0.3) is 0 Å². The molecular weight excluding hydrogens is 421 g/mol. The second kappa shape index (κ2) is 10.4. The maximum atomic E-state index is 13.1. The van der Waals surface area contributed by atoms with Crippen molar-refractivity contribution in [1.29, 1.82) is 0 Å². The smallest absolute Gasteiger partial charge is 0.255 e. The normalized spacial score (nSPS) is 10.3. The van der Waals surface area contributed by atoms with Crippen LogP contribution in [0, 0.1) is 5.82 Å². The van der Waals surface area contributed by atoms with Gasteiger partial charge in [0, 0.05) is 18.5 Å². The van der Waals surface area contributed by atoms with E-state index in [0.29, 0.717) is 16.9 Å². The number of hydrogen-bond donors (Lipinski definition) is 3. The predicted molar refractivity (Wildman–Crippen MR) is 118 cm³/mol. The molecule has 3 aromatic rings. The molecule has 0 heterocycles. The Morgan fingerprint density at radius 2 is 1.45 bits per heavy atom. The topological polar surface area (TPSA) is 87.3 Å². The largest absolute Gasteiger partial charge is 0.351 e. The van der Waals surface area contributed by atoms with Gasteiger partial charge in [0.25, 0.3) is 11.8 Å². The van der Waals surface area contributed by atoms with Crippen LogP contribution in [-0.4, -0.2) is 24.3 Å². The Morgan fingerprint density at radius 1 is 0.806 bits per heavy atom. The van der Waals surface area contributed by atoms with Gasteiger partial charge in [0.15, 0.2) is 0 Å². The first-order valence-electron chi connectivity index (χ1n) is 9.42. The fraction of sp³-hybridized carbons (Fsp3) is 0.0870. The number of halogens is 2. The first-order valence-corrected chi connectivity index (χ1v) is 9.80. The molecule has 0 atom stereocenters. The molecule has 0 saturated carbocycles. The summed E-state index contributed by atoms with van der Waals surface area (Å²) in [5, 5.41) is 8.05. The Kier molecular flexibility index (Phi) is 7.35. The van der Waals surface area contributed by atoms with Crippen LogP contribution in [0.5, 0.6) is 0 Å². The van der Waals surface area contributed by atoms with Crippen molar-refractivity contribution in [3.05, 3.63) is 94.8 Å². The van der Waals surface area contributed by atoms with E-state index in [9.17, 15) is 18.8 Å². The Labute approximate surface area is 183 Å². The molecular formula is C23H19ClFN3O3. The average molecular weight is 440 g/mol. The summed E-state index contributed by atoms with van der Waals surface area (Å²) in [6.07, 6.45) is -0.00841. The SMILES string of the molecule is O=C(CCNC(=O)c1ccc(F)cc1Cl)Nc1ccccc1NC(=O)c1ccccc1. The minimum Gasteiger partial charge on any atom is -0.351 e. The number of nitrogens with one attached hydrogen (secondary N) is 3. The summed E-state index contributed by atoms with van der Waals surface area (Å²) in [5.41, 5.74) is 1.50. The number of hydrogen-bond acceptors (Lipinski definition) is 3. The second-order valence-corrected chi connectivity index (χ2v) is 6.95. The van der Waals surface area contributed by atoms with Gasteiger partial charge in [-0.15, -0.1) is 0 Å². The Balaban J connectivity index is 1.55. The highest BCUT2D eigenvalue weighted by Crippen LogP contribution is 2.22. The molecule has 3 aromatic carbocycles. The molecule has 0 saturated heterocycles. The van der Waals surface area contributed by atoms with Crippen molar-refractivity contribution >= 4 is 40.7 Å². The number of carbonyl (C=O) groups is 3. The van der Waals surface area contributed by atoms with Crippen LogP contribution in [-0.2, 0) is 4.79 Å². The highest BCUT2D eigenvalue weighted by molar-refractivity contribution is 6.33. The summed E-state index contributed by atoms with van der Waals surface area (Å²) in [4.78, 5) is 36.8. The fourth-order valence-electron chi connectivity index (χ4n) is 2.76. The van der Waals surface area contributed by atoms with E-state index in [-0.39, 0.29) is 35.4 Å². The third-order valence-corrected chi connectivity index (χ3v) is 4.61. The molecule has 158 valence electrons. The lowest BCUT2D eigenvalue weighted by molar-refractivity contribution is -0.116. The molecule has 0 aliphatic heterocycles. The number of rotatable bonds is 7. The molecule has 0 fully saturated rings. The lowest BCUT2D eigenvalue weighted by Gasteiger charge is -2.13. The van der Waals surface area contributed by atoms with Gasteiger partial charge < -0.3 is 16.0 Å². The number of benzene rings is 3. The van der Waals surface area contributed by atoms with E-state index in [0.717, 1.165) is 12.1 Å². The van der Waals surface area contributed by atoms with E-state index in [1.807, 2.05) is 6.07 Å². The molecule has 6 nitrogen and oxygen atoms in total. The maximum Gasteiger partial charge on any atom is 0.255 e. The molecule has 0 aliphatic carbocycles. The summed E-state index contributed by atoms with van der Waals surface area (Å²) < 4.78 is 13.1. The molecule has 31 heavy (non-hydrogen) atoms. The quantitative estimate of drug-likeness (QED) is 0.507. The van der Waals surface area contributed by atoms with Gasteiger partial charge in [-0.25, -0.2) is 4.39 Å². The van der Waals surface area contributed by atoms with E-state index in [1.165, 1.54) is 6.07 Å². The van der Waals surface area contributed by atoms with E-state index in [2.05, 4.69) is 16.0 Å². The predicted octanol–water partition coefficient (Wildman–Crippen LogP) is 4.49. The highest BCUT2D eigenvalue weighted by Gasteiger charge is 2.13.